The first kappa shape index (κ1) is 11.2. The number of hydrogen-bond donors (Lipinski definition) is 4. The molecule has 1 aliphatic carbocycles. The van der Waals surface area contributed by atoms with Crippen molar-refractivity contribution < 1.29 is 15.3 Å². The molecular formula is C12H17NO3. The third kappa shape index (κ3) is 2.46. The molecule has 0 saturated heterocycles. The number of aliphatic hydroxyl groups excluding tert-OH is 1. The van der Waals surface area contributed by atoms with Gasteiger partial charge in [0, 0.05) is 12.6 Å². The van der Waals surface area contributed by atoms with Gasteiger partial charge in [-0.05, 0) is 30.5 Å². The lowest BCUT2D eigenvalue weighted by Crippen LogP contribution is -2.37. The van der Waals surface area contributed by atoms with Crippen molar-refractivity contribution in [1.29, 1.82) is 0 Å². The van der Waals surface area contributed by atoms with Crippen LogP contribution in [-0.4, -0.2) is 27.9 Å². The normalized spacial score (nSPS) is 18.1. The molecule has 1 saturated carbocycles. The van der Waals surface area contributed by atoms with Crippen LogP contribution in [0.3, 0.4) is 0 Å². The SMILES string of the molecule is Oc1ccc([C@@H](O)CNC2CCC2)cc1O. The van der Waals surface area contributed by atoms with Gasteiger partial charge < -0.3 is 20.6 Å². The average molecular weight is 223 g/mol. The van der Waals surface area contributed by atoms with E-state index in [1.807, 2.05) is 0 Å². The summed E-state index contributed by atoms with van der Waals surface area (Å²) in [4.78, 5) is 0. The van der Waals surface area contributed by atoms with Gasteiger partial charge in [-0.1, -0.05) is 12.5 Å². The predicted octanol–water partition coefficient (Wildman–Crippen LogP) is 1.27. The molecule has 0 aromatic heterocycles. The van der Waals surface area contributed by atoms with Crippen molar-refractivity contribution in [3.8, 4) is 11.5 Å². The van der Waals surface area contributed by atoms with Crippen molar-refractivity contribution in [3.05, 3.63) is 23.8 Å². The smallest absolute Gasteiger partial charge is 0.157 e. The fourth-order valence-electron chi connectivity index (χ4n) is 1.76. The van der Waals surface area contributed by atoms with Gasteiger partial charge in [0.25, 0.3) is 0 Å². The Balaban J connectivity index is 1.91. The largest absolute Gasteiger partial charge is 0.504 e. The topological polar surface area (TPSA) is 72.7 Å². The molecule has 1 aromatic carbocycles. The van der Waals surface area contributed by atoms with Gasteiger partial charge >= 0.3 is 0 Å². The lowest BCUT2D eigenvalue weighted by molar-refractivity contribution is 0.161. The van der Waals surface area contributed by atoms with E-state index < -0.39 is 6.10 Å². The van der Waals surface area contributed by atoms with Gasteiger partial charge in [0.05, 0.1) is 6.10 Å². The molecule has 0 bridgehead atoms. The molecule has 1 aliphatic rings. The second kappa shape index (κ2) is 4.72. The van der Waals surface area contributed by atoms with Crippen molar-refractivity contribution in [2.45, 2.75) is 31.4 Å². The summed E-state index contributed by atoms with van der Waals surface area (Å²) in [6.45, 7) is 0.481. The van der Waals surface area contributed by atoms with Crippen LogP contribution in [-0.2, 0) is 0 Å². The van der Waals surface area contributed by atoms with Crippen LogP contribution in [0.25, 0.3) is 0 Å². The highest BCUT2D eigenvalue weighted by atomic mass is 16.3. The Kier molecular flexibility index (Phi) is 3.31. The second-order valence-corrected chi connectivity index (χ2v) is 4.30. The highest BCUT2D eigenvalue weighted by molar-refractivity contribution is 5.41. The quantitative estimate of drug-likeness (QED) is 0.580. The summed E-state index contributed by atoms with van der Waals surface area (Å²) in [5, 5.41) is 31.6. The zero-order valence-electron chi connectivity index (χ0n) is 9.06. The molecule has 1 aromatic rings. The fourth-order valence-corrected chi connectivity index (χ4v) is 1.76. The van der Waals surface area contributed by atoms with Gasteiger partial charge in [-0.15, -0.1) is 0 Å². The van der Waals surface area contributed by atoms with Crippen molar-refractivity contribution in [1.82, 2.24) is 5.32 Å². The highest BCUT2D eigenvalue weighted by Crippen LogP contribution is 2.28. The van der Waals surface area contributed by atoms with E-state index >= 15 is 0 Å². The van der Waals surface area contributed by atoms with Gasteiger partial charge in [-0.25, -0.2) is 0 Å². The lowest BCUT2D eigenvalue weighted by Gasteiger charge is -2.27. The fraction of sp³-hybridized carbons (Fsp3) is 0.500. The van der Waals surface area contributed by atoms with Crippen molar-refractivity contribution in [3.63, 3.8) is 0 Å². The average Bonchev–Trinajstić information content (AvgIpc) is 2.19. The van der Waals surface area contributed by atoms with Crippen molar-refractivity contribution >= 4 is 0 Å². The van der Waals surface area contributed by atoms with Crippen LogP contribution in [0, 0.1) is 0 Å². The monoisotopic (exact) mass is 223 g/mol. The minimum Gasteiger partial charge on any atom is -0.504 e. The predicted molar refractivity (Wildman–Crippen MR) is 60.4 cm³/mol. The van der Waals surface area contributed by atoms with Crippen LogP contribution in [0.5, 0.6) is 11.5 Å². The minimum atomic E-state index is -0.646. The van der Waals surface area contributed by atoms with Crippen molar-refractivity contribution in [2.75, 3.05) is 6.54 Å². The summed E-state index contributed by atoms with van der Waals surface area (Å²) in [5.74, 6) is -0.358. The molecule has 4 heteroatoms. The van der Waals surface area contributed by atoms with Crippen LogP contribution in [0.4, 0.5) is 0 Å². The first-order valence-corrected chi connectivity index (χ1v) is 5.60. The molecule has 4 nitrogen and oxygen atoms in total. The van der Waals surface area contributed by atoms with E-state index in [0.29, 0.717) is 18.2 Å². The van der Waals surface area contributed by atoms with E-state index in [2.05, 4.69) is 5.32 Å². The zero-order chi connectivity index (χ0) is 11.5. The maximum absolute atomic E-state index is 9.85. The maximum Gasteiger partial charge on any atom is 0.157 e. The number of nitrogens with one attached hydrogen (secondary N) is 1. The van der Waals surface area contributed by atoms with Crippen LogP contribution in [0.1, 0.15) is 30.9 Å². The summed E-state index contributed by atoms with van der Waals surface area (Å²) in [5.41, 5.74) is 0.613. The molecule has 2 rings (SSSR count). The molecule has 16 heavy (non-hydrogen) atoms. The van der Waals surface area contributed by atoms with Gasteiger partial charge in [-0.3, -0.25) is 0 Å². The third-order valence-corrected chi connectivity index (χ3v) is 3.09. The van der Waals surface area contributed by atoms with E-state index in [9.17, 15) is 10.2 Å². The second-order valence-electron chi connectivity index (χ2n) is 4.30. The molecule has 88 valence electrons. The van der Waals surface area contributed by atoms with Crippen molar-refractivity contribution in [2.24, 2.45) is 0 Å². The number of rotatable bonds is 4. The summed E-state index contributed by atoms with van der Waals surface area (Å²) in [6.07, 6.45) is 2.96. The molecule has 0 amide bonds. The molecular weight excluding hydrogens is 206 g/mol. The molecule has 4 N–H and O–H groups in total. The number of hydrogen-bond acceptors (Lipinski definition) is 4. The van der Waals surface area contributed by atoms with Crippen LogP contribution < -0.4 is 5.32 Å². The number of phenolic OH excluding ortho intramolecular Hbond substituents is 2. The Labute approximate surface area is 94.5 Å². The van der Waals surface area contributed by atoms with Gasteiger partial charge in [0.1, 0.15) is 0 Å². The number of phenols is 2. The van der Waals surface area contributed by atoms with E-state index in [0.717, 1.165) is 0 Å². The molecule has 0 aliphatic heterocycles. The first-order chi connectivity index (χ1) is 7.66. The van der Waals surface area contributed by atoms with E-state index in [1.54, 1.807) is 6.07 Å². The Morgan fingerprint density at radius 1 is 1.25 bits per heavy atom. The molecule has 0 spiro atoms. The first-order valence-electron chi connectivity index (χ1n) is 5.60. The van der Waals surface area contributed by atoms with Gasteiger partial charge in [-0.2, -0.15) is 0 Å². The molecule has 1 atom stereocenters. The molecule has 1 fully saturated rings. The summed E-state index contributed by atoms with van der Waals surface area (Å²) < 4.78 is 0. The standard InChI is InChI=1S/C12H17NO3/c14-10-5-4-8(6-11(10)15)12(16)7-13-9-2-1-3-9/h4-6,9,12-16H,1-3,7H2/t12-/m0/s1. The van der Waals surface area contributed by atoms with E-state index in [4.69, 9.17) is 5.11 Å². The Morgan fingerprint density at radius 2 is 2.00 bits per heavy atom. The summed E-state index contributed by atoms with van der Waals surface area (Å²) in [6, 6.07) is 4.92. The Hall–Kier alpha value is -1.26. The minimum absolute atomic E-state index is 0.164. The van der Waals surface area contributed by atoms with E-state index in [1.165, 1.54) is 31.4 Å². The molecule has 0 radical (unpaired) electrons. The third-order valence-electron chi connectivity index (χ3n) is 3.09. The van der Waals surface area contributed by atoms with Crippen LogP contribution >= 0.6 is 0 Å². The molecule has 0 unspecified atom stereocenters. The number of aliphatic hydroxyl groups is 1. The maximum atomic E-state index is 9.85. The number of aromatic hydroxyl groups is 2. The lowest BCUT2D eigenvalue weighted by atomic mass is 9.93. The highest BCUT2D eigenvalue weighted by Gasteiger charge is 2.18. The van der Waals surface area contributed by atoms with Crippen LogP contribution in [0.15, 0.2) is 18.2 Å². The zero-order valence-corrected chi connectivity index (χ0v) is 9.06. The summed E-state index contributed by atoms with van der Waals surface area (Å²) in [7, 11) is 0. The Bertz CT molecular complexity index is 363. The van der Waals surface area contributed by atoms with E-state index in [-0.39, 0.29) is 11.5 Å². The van der Waals surface area contributed by atoms with Gasteiger partial charge in [0.2, 0.25) is 0 Å². The number of benzene rings is 1. The summed E-state index contributed by atoms with van der Waals surface area (Å²) >= 11 is 0. The van der Waals surface area contributed by atoms with Crippen LogP contribution in [0.2, 0.25) is 0 Å². The van der Waals surface area contributed by atoms with Gasteiger partial charge in [0.15, 0.2) is 11.5 Å². The Morgan fingerprint density at radius 3 is 2.56 bits per heavy atom. The molecule has 0 heterocycles.